The van der Waals surface area contributed by atoms with Crippen LogP contribution >= 0.6 is 0 Å². The summed E-state index contributed by atoms with van der Waals surface area (Å²) in [6.45, 7) is 9.85. The molecule has 152 valence electrons. The van der Waals surface area contributed by atoms with Crippen LogP contribution in [0.5, 0.6) is 0 Å². The molecule has 0 bridgehead atoms. The van der Waals surface area contributed by atoms with Crippen LogP contribution in [0, 0.1) is 11.8 Å². The molecule has 0 saturated heterocycles. The highest BCUT2D eigenvalue weighted by Crippen LogP contribution is 2.41. The Labute approximate surface area is 160 Å². The average Bonchev–Trinajstić information content (AvgIpc) is 3.01. The summed E-state index contributed by atoms with van der Waals surface area (Å²) in [6.07, 6.45) is 2.82. The molecule has 8 heteroatoms. The van der Waals surface area contributed by atoms with E-state index in [0.717, 1.165) is 12.8 Å². The van der Waals surface area contributed by atoms with Gasteiger partial charge in [0.25, 0.3) is 0 Å². The molecule has 8 nitrogen and oxygen atoms in total. The molecule has 0 unspecified atom stereocenters. The van der Waals surface area contributed by atoms with Crippen molar-refractivity contribution in [3.63, 3.8) is 0 Å². The molecule has 2 rings (SSSR count). The Morgan fingerprint density at radius 2 is 1.96 bits per heavy atom. The lowest BCUT2D eigenvalue weighted by Crippen LogP contribution is -2.50. The zero-order valence-electron chi connectivity index (χ0n) is 16.9. The van der Waals surface area contributed by atoms with Gasteiger partial charge in [-0.15, -0.1) is 0 Å². The fourth-order valence-corrected chi connectivity index (χ4v) is 3.47. The Morgan fingerprint density at radius 1 is 1.33 bits per heavy atom. The number of carboxylic acid groups (broad SMARTS) is 1. The van der Waals surface area contributed by atoms with Gasteiger partial charge in [-0.3, -0.25) is 4.79 Å². The van der Waals surface area contributed by atoms with E-state index in [1.165, 1.54) is 0 Å². The van der Waals surface area contributed by atoms with Crippen LogP contribution in [-0.2, 0) is 21.5 Å². The Bertz CT molecular complexity index is 655. The summed E-state index contributed by atoms with van der Waals surface area (Å²) in [7, 11) is 0. The van der Waals surface area contributed by atoms with Gasteiger partial charge in [-0.05, 0) is 58.3 Å². The second kappa shape index (κ2) is 8.27. The largest absolute Gasteiger partial charge is 0.481 e. The number of carboxylic acids is 1. The molecule has 1 aliphatic rings. The molecule has 0 aromatic carbocycles. The van der Waals surface area contributed by atoms with Crippen LogP contribution in [0.2, 0.25) is 0 Å². The second-order valence-electron chi connectivity index (χ2n) is 8.70. The van der Waals surface area contributed by atoms with Gasteiger partial charge < -0.3 is 19.7 Å². The van der Waals surface area contributed by atoms with E-state index < -0.39 is 23.2 Å². The van der Waals surface area contributed by atoms with Crippen molar-refractivity contribution in [1.82, 2.24) is 15.5 Å². The summed E-state index contributed by atoms with van der Waals surface area (Å²) in [4.78, 5) is 27.6. The number of hydrogen-bond donors (Lipinski definition) is 2. The summed E-state index contributed by atoms with van der Waals surface area (Å²) < 4.78 is 10.7. The van der Waals surface area contributed by atoms with Gasteiger partial charge in [0.05, 0.1) is 6.42 Å². The van der Waals surface area contributed by atoms with E-state index in [2.05, 4.69) is 29.3 Å². The third-order valence-electron chi connectivity index (χ3n) is 5.02. The maximum absolute atomic E-state index is 12.4. The number of hydrogen-bond acceptors (Lipinski definition) is 6. The van der Waals surface area contributed by atoms with Gasteiger partial charge >= 0.3 is 12.1 Å². The van der Waals surface area contributed by atoms with E-state index in [0.29, 0.717) is 30.5 Å². The highest BCUT2D eigenvalue weighted by Gasteiger charge is 2.43. The molecule has 1 saturated carbocycles. The Balaban J connectivity index is 2.20. The zero-order valence-corrected chi connectivity index (χ0v) is 16.9. The van der Waals surface area contributed by atoms with Crippen molar-refractivity contribution in [2.45, 2.75) is 84.3 Å². The number of nitrogens with zero attached hydrogens (tertiary/aromatic N) is 2. The first kappa shape index (κ1) is 21.2. The Hall–Kier alpha value is -2.12. The molecule has 1 fully saturated rings. The summed E-state index contributed by atoms with van der Waals surface area (Å²) in [5.74, 6) is 0.895. The quantitative estimate of drug-likeness (QED) is 0.773. The highest BCUT2D eigenvalue weighted by molar-refractivity contribution is 5.69. The molecule has 1 aromatic rings. The van der Waals surface area contributed by atoms with Crippen LogP contribution in [0.1, 0.15) is 78.4 Å². The molecule has 1 heterocycles. The van der Waals surface area contributed by atoms with Crippen molar-refractivity contribution in [3.05, 3.63) is 11.7 Å². The number of aliphatic carboxylic acids is 1. The van der Waals surface area contributed by atoms with Gasteiger partial charge in [0.15, 0.2) is 5.82 Å². The van der Waals surface area contributed by atoms with Crippen LogP contribution < -0.4 is 5.32 Å². The van der Waals surface area contributed by atoms with Crippen LogP contribution in [0.3, 0.4) is 0 Å². The third kappa shape index (κ3) is 5.94. The monoisotopic (exact) mass is 381 g/mol. The Kier molecular flexibility index (Phi) is 6.49. The number of ether oxygens (including phenoxy) is 1. The first-order valence-corrected chi connectivity index (χ1v) is 9.57. The highest BCUT2D eigenvalue weighted by atomic mass is 16.6. The first-order valence-electron chi connectivity index (χ1n) is 9.57. The molecular weight excluding hydrogens is 350 g/mol. The molecule has 27 heavy (non-hydrogen) atoms. The molecule has 1 aromatic heterocycles. The summed E-state index contributed by atoms with van der Waals surface area (Å²) in [6, 6.07) is 0. The molecule has 0 radical (unpaired) electrons. The minimum atomic E-state index is -0.922. The molecule has 0 aliphatic heterocycles. The zero-order chi connectivity index (χ0) is 20.2. The number of rotatable bonds is 6. The standard InChI is InChI=1S/C19H31N3O5/c1-12(2)13-8-10-19(11-9-13,21-17(25)26-18(3,4)5)16-20-14(27-22-16)6-7-15(23)24/h12-13H,6-11H2,1-5H3,(H,21,25)(H,23,24). The van der Waals surface area contributed by atoms with E-state index >= 15 is 0 Å². The second-order valence-corrected chi connectivity index (χ2v) is 8.70. The summed E-state index contributed by atoms with van der Waals surface area (Å²) in [5.41, 5.74) is -1.36. The molecule has 1 amide bonds. The number of alkyl carbamates (subject to hydrolysis) is 1. The van der Waals surface area contributed by atoms with E-state index in [9.17, 15) is 9.59 Å². The fourth-order valence-electron chi connectivity index (χ4n) is 3.47. The number of amides is 1. The predicted octanol–water partition coefficient (Wildman–Crippen LogP) is 3.65. The molecule has 2 N–H and O–H groups in total. The third-order valence-corrected chi connectivity index (χ3v) is 5.02. The van der Waals surface area contributed by atoms with Crippen molar-refractivity contribution < 1.29 is 24.0 Å². The average molecular weight is 381 g/mol. The van der Waals surface area contributed by atoms with Crippen LogP contribution in [0.15, 0.2) is 4.52 Å². The van der Waals surface area contributed by atoms with Gasteiger partial charge in [-0.1, -0.05) is 19.0 Å². The number of carbonyl (C=O) groups excluding carboxylic acids is 1. The topological polar surface area (TPSA) is 115 Å². The van der Waals surface area contributed by atoms with Crippen molar-refractivity contribution in [3.8, 4) is 0 Å². The van der Waals surface area contributed by atoms with Crippen molar-refractivity contribution in [1.29, 1.82) is 0 Å². The van der Waals surface area contributed by atoms with Crippen molar-refractivity contribution >= 4 is 12.1 Å². The molecule has 0 atom stereocenters. The van der Waals surface area contributed by atoms with E-state index in [1.54, 1.807) is 0 Å². The number of carbonyl (C=O) groups is 2. The maximum Gasteiger partial charge on any atom is 0.408 e. The van der Waals surface area contributed by atoms with Crippen LogP contribution in [-0.4, -0.2) is 32.9 Å². The van der Waals surface area contributed by atoms with E-state index in [1.807, 2.05) is 20.8 Å². The molecule has 0 spiro atoms. The SMILES string of the molecule is CC(C)C1CCC(NC(=O)OC(C)(C)C)(c2noc(CCC(=O)O)n2)CC1. The van der Waals surface area contributed by atoms with E-state index in [4.69, 9.17) is 14.4 Å². The maximum atomic E-state index is 12.4. The molecule has 1 aliphatic carbocycles. The smallest absolute Gasteiger partial charge is 0.408 e. The van der Waals surface area contributed by atoms with Gasteiger partial charge in [0.2, 0.25) is 5.89 Å². The lowest BCUT2D eigenvalue weighted by molar-refractivity contribution is -0.137. The van der Waals surface area contributed by atoms with Gasteiger partial charge in [0, 0.05) is 6.42 Å². The van der Waals surface area contributed by atoms with Crippen molar-refractivity contribution in [2.24, 2.45) is 11.8 Å². The van der Waals surface area contributed by atoms with E-state index in [-0.39, 0.29) is 18.7 Å². The van der Waals surface area contributed by atoms with Gasteiger partial charge in [-0.2, -0.15) is 4.98 Å². The lowest BCUT2D eigenvalue weighted by Gasteiger charge is -2.39. The van der Waals surface area contributed by atoms with Crippen LogP contribution in [0.25, 0.3) is 0 Å². The van der Waals surface area contributed by atoms with Crippen LogP contribution in [0.4, 0.5) is 4.79 Å². The molecular formula is C19H31N3O5. The number of aromatic nitrogens is 2. The van der Waals surface area contributed by atoms with Crippen molar-refractivity contribution in [2.75, 3.05) is 0 Å². The number of aryl methyl sites for hydroxylation is 1. The fraction of sp³-hybridized carbons (Fsp3) is 0.789. The first-order chi connectivity index (χ1) is 12.5. The Morgan fingerprint density at radius 3 is 2.48 bits per heavy atom. The normalized spacial score (nSPS) is 23.3. The van der Waals surface area contributed by atoms with Gasteiger partial charge in [-0.25, -0.2) is 4.79 Å². The number of nitrogens with one attached hydrogen (secondary N) is 1. The predicted molar refractivity (Wildman–Crippen MR) is 98.1 cm³/mol. The summed E-state index contributed by atoms with van der Waals surface area (Å²) in [5, 5.41) is 15.9. The lowest BCUT2D eigenvalue weighted by atomic mass is 9.72. The minimum absolute atomic E-state index is 0.0798. The van der Waals surface area contributed by atoms with Gasteiger partial charge in [0.1, 0.15) is 11.1 Å². The minimum Gasteiger partial charge on any atom is -0.481 e. The summed E-state index contributed by atoms with van der Waals surface area (Å²) >= 11 is 0.